The molecule has 1 heterocycles. The lowest BCUT2D eigenvalue weighted by Gasteiger charge is -2.30. The second kappa shape index (κ2) is 7.84. The molecule has 0 aromatic carbocycles. The van der Waals surface area contributed by atoms with E-state index in [1.165, 1.54) is 0 Å². The first-order valence-electron chi connectivity index (χ1n) is 7.38. The summed E-state index contributed by atoms with van der Waals surface area (Å²) < 4.78 is 0. The lowest BCUT2D eigenvalue weighted by atomic mass is 9.85. The van der Waals surface area contributed by atoms with Crippen LogP contribution in [0.15, 0.2) is 0 Å². The summed E-state index contributed by atoms with van der Waals surface area (Å²) in [5.74, 6) is 0.460. The van der Waals surface area contributed by atoms with E-state index in [1.807, 2.05) is 9.80 Å². The zero-order valence-electron chi connectivity index (χ0n) is 12.2. The molecule has 2 fully saturated rings. The largest absolute Gasteiger partial charge is 0.341 e. The molecule has 2 aliphatic rings. The summed E-state index contributed by atoms with van der Waals surface area (Å²) in [4.78, 5) is 27.6. The lowest BCUT2D eigenvalue weighted by Crippen LogP contribution is -2.42. The predicted octanol–water partition coefficient (Wildman–Crippen LogP) is 1.01. The van der Waals surface area contributed by atoms with Crippen LogP contribution in [-0.2, 0) is 9.59 Å². The number of halogens is 1. The van der Waals surface area contributed by atoms with Crippen molar-refractivity contribution in [2.24, 2.45) is 11.7 Å². The molecule has 2 N–H and O–H groups in total. The van der Waals surface area contributed by atoms with E-state index in [-0.39, 0.29) is 36.2 Å². The standard InChI is InChI=1S/C14H25N3O2.ClH/c1-11(18)16-6-3-7-17(9-8-16)14(19)12-4-2-5-13(15)10-12;/h12-13H,2-10,15H2,1H3;1H. The fraction of sp³-hybridized carbons (Fsp3) is 0.857. The third-order valence-corrected chi connectivity index (χ3v) is 4.32. The van der Waals surface area contributed by atoms with E-state index in [4.69, 9.17) is 5.73 Å². The Balaban J connectivity index is 0.00000200. The summed E-state index contributed by atoms with van der Waals surface area (Å²) in [6.45, 7) is 4.47. The number of carbonyl (C=O) groups is 2. The molecule has 2 amide bonds. The van der Waals surface area contributed by atoms with E-state index in [9.17, 15) is 9.59 Å². The van der Waals surface area contributed by atoms with Crippen molar-refractivity contribution in [3.63, 3.8) is 0 Å². The number of nitrogens with two attached hydrogens (primary N) is 1. The molecule has 2 rings (SSSR count). The van der Waals surface area contributed by atoms with Crippen LogP contribution in [0.3, 0.4) is 0 Å². The molecule has 116 valence electrons. The van der Waals surface area contributed by atoms with Crippen LogP contribution in [0.4, 0.5) is 0 Å². The fourth-order valence-corrected chi connectivity index (χ4v) is 3.16. The van der Waals surface area contributed by atoms with Crippen molar-refractivity contribution in [2.75, 3.05) is 26.2 Å². The van der Waals surface area contributed by atoms with Crippen molar-refractivity contribution in [3.05, 3.63) is 0 Å². The van der Waals surface area contributed by atoms with Gasteiger partial charge < -0.3 is 15.5 Å². The monoisotopic (exact) mass is 303 g/mol. The zero-order chi connectivity index (χ0) is 13.8. The van der Waals surface area contributed by atoms with Crippen LogP contribution in [0, 0.1) is 5.92 Å². The van der Waals surface area contributed by atoms with Crippen LogP contribution in [0.5, 0.6) is 0 Å². The SMILES string of the molecule is CC(=O)N1CCCN(C(=O)C2CCCC(N)C2)CC1.Cl. The van der Waals surface area contributed by atoms with Crippen LogP contribution >= 0.6 is 12.4 Å². The van der Waals surface area contributed by atoms with Crippen LogP contribution < -0.4 is 5.73 Å². The average Bonchev–Trinajstić information content (AvgIpc) is 2.63. The topological polar surface area (TPSA) is 66.6 Å². The Bertz CT molecular complexity index is 351. The molecule has 2 atom stereocenters. The summed E-state index contributed by atoms with van der Waals surface area (Å²) in [5.41, 5.74) is 5.96. The molecule has 0 aromatic rings. The minimum atomic E-state index is 0. The summed E-state index contributed by atoms with van der Waals surface area (Å²) in [7, 11) is 0. The number of carbonyl (C=O) groups excluding carboxylic acids is 2. The molecule has 0 spiro atoms. The molecular weight excluding hydrogens is 278 g/mol. The third kappa shape index (κ3) is 4.35. The first-order valence-corrected chi connectivity index (χ1v) is 7.38. The zero-order valence-corrected chi connectivity index (χ0v) is 13.0. The maximum absolute atomic E-state index is 12.5. The fourth-order valence-electron chi connectivity index (χ4n) is 3.16. The van der Waals surface area contributed by atoms with Crippen molar-refractivity contribution in [2.45, 2.75) is 45.1 Å². The summed E-state index contributed by atoms with van der Waals surface area (Å²) in [6.07, 6.45) is 4.78. The third-order valence-electron chi connectivity index (χ3n) is 4.32. The number of rotatable bonds is 1. The van der Waals surface area contributed by atoms with Crippen molar-refractivity contribution in [3.8, 4) is 0 Å². The van der Waals surface area contributed by atoms with Crippen molar-refractivity contribution < 1.29 is 9.59 Å². The predicted molar refractivity (Wildman–Crippen MR) is 80.6 cm³/mol. The summed E-state index contributed by atoms with van der Waals surface area (Å²) >= 11 is 0. The maximum Gasteiger partial charge on any atom is 0.225 e. The van der Waals surface area contributed by atoms with Crippen LogP contribution in [-0.4, -0.2) is 53.8 Å². The van der Waals surface area contributed by atoms with Crippen LogP contribution in [0.1, 0.15) is 39.0 Å². The van der Waals surface area contributed by atoms with Crippen molar-refractivity contribution in [1.82, 2.24) is 9.80 Å². The van der Waals surface area contributed by atoms with Gasteiger partial charge in [0.05, 0.1) is 0 Å². The van der Waals surface area contributed by atoms with Gasteiger partial charge in [0.15, 0.2) is 0 Å². The first-order chi connectivity index (χ1) is 9.08. The second-order valence-corrected chi connectivity index (χ2v) is 5.81. The van der Waals surface area contributed by atoms with Gasteiger partial charge in [-0.3, -0.25) is 9.59 Å². The molecule has 1 aliphatic heterocycles. The Morgan fingerprint density at radius 1 is 1.00 bits per heavy atom. The Labute approximate surface area is 127 Å². The molecule has 2 unspecified atom stereocenters. The molecule has 0 bridgehead atoms. The molecule has 1 aliphatic carbocycles. The number of nitrogens with zero attached hydrogens (tertiary/aromatic N) is 2. The molecule has 0 aromatic heterocycles. The highest BCUT2D eigenvalue weighted by Gasteiger charge is 2.30. The van der Waals surface area contributed by atoms with E-state index >= 15 is 0 Å². The quantitative estimate of drug-likeness (QED) is 0.786. The van der Waals surface area contributed by atoms with Crippen molar-refractivity contribution >= 4 is 24.2 Å². The summed E-state index contributed by atoms with van der Waals surface area (Å²) in [6, 6.07) is 0.184. The van der Waals surface area contributed by atoms with Gasteiger partial charge in [0.25, 0.3) is 0 Å². The van der Waals surface area contributed by atoms with Gasteiger partial charge in [-0.2, -0.15) is 0 Å². The maximum atomic E-state index is 12.5. The van der Waals surface area contributed by atoms with Gasteiger partial charge in [0.1, 0.15) is 0 Å². The highest BCUT2D eigenvalue weighted by molar-refractivity contribution is 5.85. The van der Waals surface area contributed by atoms with Crippen LogP contribution in [0.25, 0.3) is 0 Å². The number of amides is 2. The molecule has 6 heteroatoms. The molecule has 1 saturated heterocycles. The van der Waals surface area contributed by atoms with Gasteiger partial charge in [-0.25, -0.2) is 0 Å². The minimum absolute atomic E-state index is 0. The highest BCUT2D eigenvalue weighted by Crippen LogP contribution is 2.25. The summed E-state index contributed by atoms with van der Waals surface area (Å²) in [5, 5.41) is 0. The van der Waals surface area contributed by atoms with Gasteiger partial charge >= 0.3 is 0 Å². The van der Waals surface area contributed by atoms with Crippen molar-refractivity contribution in [1.29, 1.82) is 0 Å². The normalized spacial score (nSPS) is 27.5. The molecule has 1 saturated carbocycles. The van der Waals surface area contributed by atoms with Gasteiger partial charge in [-0.15, -0.1) is 12.4 Å². The Kier molecular flexibility index (Phi) is 6.76. The van der Waals surface area contributed by atoms with Gasteiger partial charge in [-0.05, 0) is 25.7 Å². The first kappa shape index (κ1) is 17.2. The van der Waals surface area contributed by atoms with E-state index in [2.05, 4.69) is 0 Å². The number of hydrogen-bond acceptors (Lipinski definition) is 3. The lowest BCUT2D eigenvalue weighted by molar-refractivity contribution is -0.137. The van der Waals surface area contributed by atoms with Gasteiger partial charge in [0, 0.05) is 45.1 Å². The van der Waals surface area contributed by atoms with E-state index in [0.29, 0.717) is 13.1 Å². The smallest absolute Gasteiger partial charge is 0.225 e. The molecule has 0 radical (unpaired) electrons. The molecule has 20 heavy (non-hydrogen) atoms. The average molecular weight is 304 g/mol. The highest BCUT2D eigenvalue weighted by atomic mass is 35.5. The minimum Gasteiger partial charge on any atom is -0.341 e. The molecular formula is C14H26ClN3O2. The number of hydrogen-bond donors (Lipinski definition) is 1. The van der Waals surface area contributed by atoms with E-state index in [0.717, 1.165) is 45.2 Å². The van der Waals surface area contributed by atoms with Gasteiger partial charge in [-0.1, -0.05) is 6.42 Å². The van der Waals surface area contributed by atoms with Gasteiger partial charge in [0.2, 0.25) is 11.8 Å². The van der Waals surface area contributed by atoms with E-state index < -0.39 is 0 Å². The molecule has 5 nitrogen and oxygen atoms in total. The Hall–Kier alpha value is -0.810. The second-order valence-electron chi connectivity index (χ2n) is 5.81. The van der Waals surface area contributed by atoms with E-state index in [1.54, 1.807) is 6.92 Å². The Morgan fingerprint density at radius 3 is 2.30 bits per heavy atom. The Morgan fingerprint density at radius 2 is 1.65 bits per heavy atom. The van der Waals surface area contributed by atoms with Crippen LogP contribution in [0.2, 0.25) is 0 Å².